The van der Waals surface area contributed by atoms with Gasteiger partial charge in [0.05, 0.1) is 31.6 Å². The van der Waals surface area contributed by atoms with Gasteiger partial charge < -0.3 is 24.4 Å². The molecule has 0 spiro atoms. The summed E-state index contributed by atoms with van der Waals surface area (Å²) < 4.78 is 17.2. The highest BCUT2D eigenvalue weighted by Crippen LogP contribution is 2.28. The summed E-state index contributed by atoms with van der Waals surface area (Å²) in [7, 11) is 0. The molecule has 0 bridgehead atoms. The Labute approximate surface area is 190 Å². The molecule has 1 unspecified atom stereocenters. The number of thiocarbonyl (C=S) groups is 1. The Hall–Kier alpha value is -2.38. The number of pyridine rings is 1. The van der Waals surface area contributed by atoms with Crippen LogP contribution >= 0.6 is 12.2 Å². The lowest BCUT2D eigenvalue weighted by Gasteiger charge is -2.28. The first kappa shape index (κ1) is 23.3. The molecule has 1 saturated heterocycles. The number of nitrogens with one attached hydrogen (secondary N) is 1. The highest BCUT2D eigenvalue weighted by atomic mass is 32.1. The normalized spacial score (nSPS) is 15.5. The second-order valence-electron chi connectivity index (χ2n) is 7.47. The summed E-state index contributed by atoms with van der Waals surface area (Å²) in [4.78, 5) is 6.62. The van der Waals surface area contributed by atoms with Crippen LogP contribution < -0.4 is 14.8 Å². The van der Waals surface area contributed by atoms with Gasteiger partial charge in [-0.3, -0.25) is 4.98 Å². The number of nitrogens with zero attached hydrogens (tertiary/aromatic N) is 2. The van der Waals surface area contributed by atoms with Crippen LogP contribution in [0.25, 0.3) is 0 Å². The molecule has 2 aromatic rings. The summed E-state index contributed by atoms with van der Waals surface area (Å²) in [5.74, 6) is 1.58. The van der Waals surface area contributed by atoms with E-state index in [1.807, 2.05) is 44.3 Å². The molecule has 0 radical (unpaired) electrons. The van der Waals surface area contributed by atoms with E-state index in [1.165, 1.54) is 5.56 Å². The molecule has 1 fully saturated rings. The minimum absolute atomic E-state index is 0.225. The zero-order valence-electron chi connectivity index (χ0n) is 18.5. The molecule has 1 aromatic carbocycles. The van der Waals surface area contributed by atoms with E-state index in [-0.39, 0.29) is 6.10 Å². The molecule has 0 aliphatic carbocycles. The average Bonchev–Trinajstić information content (AvgIpc) is 3.29. The lowest BCUT2D eigenvalue weighted by atomic mass is 10.1. The van der Waals surface area contributed by atoms with Gasteiger partial charge in [-0.1, -0.05) is 12.1 Å². The van der Waals surface area contributed by atoms with Crippen LogP contribution in [0, 0.1) is 0 Å². The third kappa shape index (κ3) is 7.36. The summed E-state index contributed by atoms with van der Waals surface area (Å²) in [6.07, 6.45) is 5.07. The first-order chi connectivity index (χ1) is 15.2. The molecule has 6 nitrogen and oxygen atoms in total. The van der Waals surface area contributed by atoms with Crippen LogP contribution in [0.5, 0.6) is 11.5 Å². The molecule has 1 aliphatic rings. The lowest BCUT2D eigenvalue weighted by Crippen LogP contribution is -2.43. The van der Waals surface area contributed by atoms with Crippen LogP contribution in [0.2, 0.25) is 0 Å². The van der Waals surface area contributed by atoms with Crippen molar-refractivity contribution in [1.29, 1.82) is 0 Å². The van der Waals surface area contributed by atoms with E-state index >= 15 is 0 Å². The van der Waals surface area contributed by atoms with Crippen molar-refractivity contribution in [2.45, 2.75) is 45.8 Å². The van der Waals surface area contributed by atoms with Crippen LogP contribution in [0.1, 0.15) is 37.9 Å². The number of hydrogen-bond donors (Lipinski definition) is 1. The van der Waals surface area contributed by atoms with Crippen LogP contribution in [0.3, 0.4) is 0 Å². The lowest BCUT2D eigenvalue weighted by molar-refractivity contribution is 0.0895. The topological polar surface area (TPSA) is 55.9 Å². The van der Waals surface area contributed by atoms with Crippen molar-refractivity contribution in [3.63, 3.8) is 0 Å². The molecule has 1 aromatic heterocycles. The molecule has 2 heterocycles. The number of ether oxygens (including phenoxy) is 3. The van der Waals surface area contributed by atoms with Gasteiger partial charge in [-0.25, -0.2) is 0 Å². The molecule has 168 valence electrons. The quantitative estimate of drug-likeness (QED) is 0.527. The summed E-state index contributed by atoms with van der Waals surface area (Å²) >= 11 is 5.73. The maximum atomic E-state index is 5.84. The fourth-order valence-electron chi connectivity index (χ4n) is 3.62. The van der Waals surface area contributed by atoms with Gasteiger partial charge in [0.25, 0.3) is 0 Å². The summed E-state index contributed by atoms with van der Waals surface area (Å²) in [6.45, 7) is 8.20. The van der Waals surface area contributed by atoms with Crippen molar-refractivity contribution in [1.82, 2.24) is 15.2 Å². The minimum Gasteiger partial charge on any atom is -0.490 e. The van der Waals surface area contributed by atoms with Gasteiger partial charge in [0.15, 0.2) is 16.6 Å². The van der Waals surface area contributed by atoms with Crippen molar-refractivity contribution < 1.29 is 14.2 Å². The molecule has 1 N–H and O–H groups in total. The summed E-state index contributed by atoms with van der Waals surface area (Å²) in [5, 5.41) is 4.15. The predicted octanol–water partition coefficient (Wildman–Crippen LogP) is 3.98. The van der Waals surface area contributed by atoms with Crippen LogP contribution in [0.4, 0.5) is 0 Å². The van der Waals surface area contributed by atoms with Gasteiger partial charge in [-0.05, 0) is 75.2 Å². The zero-order chi connectivity index (χ0) is 21.9. The first-order valence-corrected chi connectivity index (χ1v) is 11.5. The first-order valence-electron chi connectivity index (χ1n) is 11.1. The molecule has 0 amide bonds. The van der Waals surface area contributed by atoms with E-state index in [2.05, 4.69) is 27.3 Å². The highest BCUT2D eigenvalue weighted by molar-refractivity contribution is 7.80. The van der Waals surface area contributed by atoms with E-state index in [0.717, 1.165) is 61.3 Å². The summed E-state index contributed by atoms with van der Waals surface area (Å²) in [5.41, 5.74) is 2.18. The number of rotatable bonds is 11. The van der Waals surface area contributed by atoms with Crippen molar-refractivity contribution in [3.05, 3.63) is 53.9 Å². The predicted molar refractivity (Wildman–Crippen MR) is 127 cm³/mol. The Morgan fingerprint density at radius 3 is 2.74 bits per heavy atom. The maximum absolute atomic E-state index is 5.84. The van der Waals surface area contributed by atoms with E-state index in [4.69, 9.17) is 26.4 Å². The highest BCUT2D eigenvalue weighted by Gasteiger charge is 2.21. The average molecular weight is 444 g/mol. The van der Waals surface area contributed by atoms with Crippen LogP contribution in [0.15, 0.2) is 42.6 Å². The zero-order valence-corrected chi connectivity index (χ0v) is 19.3. The third-order valence-corrected chi connectivity index (χ3v) is 5.51. The number of hydrogen-bond acceptors (Lipinski definition) is 5. The fraction of sp³-hybridized carbons (Fsp3) is 0.500. The van der Waals surface area contributed by atoms with Gasteiger partial charge in [0, 0.05) is 25.9 Å². The van der Waals surface area contributed by atoms with Gasteiger partial charge in [-0.2, -0.15) is 0 Å². The van der Waals surface area contributed by atoms with Crippen LogP contribution in [-0.2, 0) is 17.7 Å². The Balaban J connectivity index is 1.57. The molecular formula is C24H33N3O3S. The van der Waals surface area contributed by atoms with Crippen molar-refractivity contribution >= 4 is 17.3 Å². The minimum atomic E-state index is 0.225. The molecule has 3 rings (SSSR count). The molecule has 31 heavy (non-hydrogen) atoms. The van der Waals surface area contributed by atoms with Gasteiger partial charge >= 0.3 is 0 Å². The monoisotopic (exact) mass is 443 g/mol. The van der Waals surface area contributed by atoms with Gasteiger partial charge in [0.2, 0.25) is 0 Å². The van der Waals surface area contributed by atoms with Crippen molar-refractivity contribution in [2.75, 3.05) is 32.9 Å². The molecule has 0 saturated carbocycles. The molecule has 1 atom stereocenters. The maximum Gasteiger partial charge on any atom is 0.169 e. The Morgan fingerprint density at radius 1 is 1.19 bits per heavy atom. The third-order valence-electron chi connectivity index (χ3n) is 5.11. The van der Waals surface area contributed by atoms with E-state index in [9.17, 15) is 0 Å². The Bertz CT molecular complexity index is 813. The number of aromatic nitrogens is 1. The summed E-state index contributed by atoms with van der Waals surface area (Å²) in [6, 6.07) is 12.1. The smallest absolute Gasteiger partial charge is 0.169 e. The van der Waals surface area contributed by atoms with Crippen molar-refractivity contribution in [2.24, 2.45) is 0 Å². The van der Waals surface area contributed by atoms with E-state index < -0.39 is 0 Å². The van der Waals surface area contributed by atoms with Crippen molar-refractivity contribution in [3.8, 4) is 11.5 Å². The fourth-order valence-corrected chi connectivity index (χ4v) is 3.86. The second kappa shape index (κ2) is 12.5. The Morgan fingerprint density at radius 2 is 2.03 bits per heavy atom. The standard InChI is InChI=1S/C24H33N3O3S/c1-3-28-22-11-10-19(16-23(22)29-4-2)12-14-26-24(31)27(18-21-9-7-15-30-21)17-20-8-5-6-13-25-20/h5-6,8,10-11,13,16,21H,3-4,7,9,12,14-15,17-18H2,1-2H3,(H,26,31). The molecule has 7 heteroatoms. The van der Waals surface area contributed by atoms with Gasteiger partial charge in [-0.15, -0.1) is 0 Å². The Kier molecular flexibility index (Phi) is 9.37. The van der Waals surface area contributed by atoms with Crippen LogP contribution in [-0.4, -0.2) is 54.0 Å². The largest absolute Gasteiger partial charge is 0.490 e. The van der Waals surface area contributed by atoms with E-state index in [1.54, 1.807) is 0 Å². The van der Waals surface area contributed by atoms with Gasteiger partial charge in [0.1, 0.15) is 0 Å². The second-order valence-corrected chi connectivity index (χ2v) is 7.85. The molecular weight excluding hydrogens is 410 g/mol. The van der Waals surface area contributed by atoms with E-state index in [0.29, 0.717) is 19.8 Å². The molecule has 1 aliphatic heterocycles. The number of benzene rings is 1. The SMILES string of the molecule is CCOc1ccc(CCNC(=S)N(Cc2ccccn2)CC2CCCO2)cc1OCC.